The zero-order valence-corrected chi connectivity index (χ0v) is 13.4. The molecule has 0 aromatic heterocycles. The van der Waals surface area contributed by atoms with E-state index in [1.54, 1.807) is 18.2 Å². The van der Waals surface area contributed by atoms with Crippen LogP contribution in [0, 0.1) is 0 Å². The van der Waals surface area contributed by atoms with Gasteiger partial charge < -0.3 is 14.4 Å². The minimum atomic E-state index is -4.78. The third kappa shape index (κ3) is 2.88. The molecule has 1 aliphatic carbocycles. The van der Waals surface area contributed by atoms with Gasteiger partial charge in [-0.1, -0.05) is 12.1 Å². The summed E-state index contributed by atoms with van der Waals surface area (Å²) in [5, 5.41) is 0. The van der Waals surface area contributed by atoms with Crippen molar-refractivity contribution >= 4 is 5.78 Å². The number of hydrogen-bond acceptors (Lipinski definition) is 4. The lowest BCUT2D eigenvalue weighted by molar-refractivity contribution is -0.275. The Bertz CT molecular complexity index is 686. The lowest BCUT2D eigenvalue weighted by atomic mass is 9.69. The van der Waals surface area contributed by atoms with Gasteiger partial charge in [-0.3, -0.25) is 4.79 Å². The Balaban J connectivity index is 2.02. The van der Waals surface area contributed by atoms with Crippen LogP contribution in [0.4, 0.5) is 13.2 Å². The molecule has 4 nitrogen and oxygen atoms in total. The van der Waals surface area contributed by atoms with Gasteiger partial charge in [-0.2, -0.15) is 0 Å². The number of allylic oxidation sites excluding steroid dienone is 1. The first-order valence-corrected chi connectivity index (χ1v) is 7.62. The van der Waals surface area contributed by atoms with Crippen molar-refractivity contribution in [3.63, 3.8) is 0 Å². The van der Waals surface area contributed by atoms with Crippen LogP contribution in [-0.2, 0) is 10.2 Å². The molecule has 2 aliphatic rings. The zero-order valence-electron chi connectivity index (χ0n) is 13.4. The van der Waals surface area contributed by atoms with Crippen molar-refractivity contribution in [2.45, 2.75) is 30.7 Å². The number of benzene rings is 1. The maximum Gasteiger partial charge on any atom is 0.573 e. The van der Waals surface area contributed by atoms with Crippen molar-refractivity contribution in [2.75, 3.05) is 20.7 Å². The van der Waals surface area contributed by atoms with Gasteiger partial charge >= 0.3 is 6.36 Å². The Morgan fingerprint density at radius 3 is 2.71 bits per heavy atom. The molecule has 1 heterocycles. The summed E-state index contributed by atoms with van der Waals surface area (Å²) in [5.41, 5.74) is 0.430. The molecular weight excluding hydrogens is 323 g/mol. The fourth-order valence-corrected chi connectivity index (χ4v) is 3.71. The SMILES string of the molecule is COc1cc([C@@]23C=CC(=O)C[C@@H]2N(C)CC3)ccc1OC(F)(F)F. The molecule has 7 heteroatoms. The molecule has 1 saturated heterocycles. The predicted octanol–water partition coefficient (Wildman–Crippen LogP) is 3.06. The van der Waals surface area contributed by atoms with E-state index in [4.69, 9.17) is 4.74 Å². The van der Waals surface area contributed by atoms with E-state index in [0.717, 1.165) is 18.5 Å². The molecule has 3 rings (SSSR count). The molecule has 1 aromatic carbocycles. The molecule has 0 unspecified atom stereocenters. The van der Waals surface area contributed by atoms with Crippen LogP contribution < -0.4 is 9.47 Å². The van der Waals surface area contributed by atoms with Gasteiger partial charge in [-0.15, -0.1) is 13.2 Å². The largest absolute Gasteiger partial charge is 0.573 e. The summed E-state index contributed by atoms with van der Waals surface area (Å²) in [6.45, 7) is 0.811. The molecule has 0 bridgehead atoms. The minimum absolute atomic E-state index is 0.00547. The lowest BCUT2D eigenvalue weighted by Crippen LogP contribution is -2.43. The number of rotatable bonds is 3. The normalized spacial score (nSPS) is 27.2. The average Bonchev–Trinajstić information content (AvgIpc) is 2.84. The lowest BCUT2D eigenvalue weighted by Gasteiger charge is -2.37. The van der Waals surface area contributed by atoms with Gasteiger partial charge in [0.25, 0.3) is 0 Å². The van der Waals surface area contributed by atoms with Gasteiger partial charge in [0.1, 0.15) is 0 Å². The zero-order chi connectivity index (χ0) is 17.5. The number of carbonyl (C=O) groups excluding carboxylic acids is 1. The van der Waals surface area contributed by atoms with Gasteiger partial charge in [0.05, 0.1) is 7.11 Å². The molecule has 24 heavy (non-hydrogen) atoms. The van der Waals surface area contributed by atoms with E-state index in [1.165, 1.54) is 13.2 Å². The van der Waals surface area contributed by atoms with E-state index in [-0.39, 0.29) is 23.3 Å². The standard InChI is InChI=1S/C17H18F3NO3/c1-21-8-7-16(6-5-12(22)10-15(16)21)11-3-4-13(14(9-11)23-2)24-17(18,19)20/h3-6,9,15H,7-8,10H2,1-2H3/t15-,16-/m0/s1. The first-order valence-electron chi connectivity index (χ1n) is 7.62. The van der Waals surface area contributed by atoms with E-state index in [2.05, 4.69) is 9.64 Å². The second-order valence-corrected chi connectivity index (χ2v) is 6.20. The van der Waals surface area contributed by atoms with E-state index in [1.807, 2.05) is 13.1 Å². The van der Waals surface area contributed by atoms with E-state index in [9.17, 15) is 18.0 Å². The Morgan fingerprint density at radius 1 is 1.29 bits per heavy atom. The van der Waals surface area contributed by atoms with Crippen molar-refractivity contribution in [2.24, 2.45) is 0 Å². The number of ketones is 1. The summed E-state index contributed by atoms with van der Waals surface area (Å²) in [6, 6.07) is 4.47. The fourth-order valence-electron chi connectivity index (χ4n) is 3.71. The Labute approximate surface area is 137 Å². The topological polar surface area (TPSA) is 38.8 Å². The number of alkyl halides is 3. The molecule has 0 N–H and O–H groups in total. The fraction of sp³-hybridized carbons (Fsp3) is 0.471. The van der Waals surface area contributed by atoms with Crippen LogP contribution >= 0.6 is 0 Å². The van der Waals surface area contributed by atoms with Gasteiger partial charge in [0.2, 0.25) is 0 Å². The first-order chi connectivity index (χ1) is 11.2. The Morgan fingerprint density at radius 2 is 2.04 bits per heavy atom. The van der Waals surface area contributed by atoms with Crippen LogP contribution in [0.3, 0.4) is 0 Å². The first kappa shape index (κ1) is 16.8. The molecule has 0 amide bonds. The number of likely N-dealkylation sites (tertiary alicyclic amines) is 1. The molecule has 2 atom stereocenters. The van der Waals surface area contributed by atoms with Crippen molar-refractivity contribution in [1.29, 1.82) is 0 Å². The van der Waals surface area contributed by atoms with Crippen LogP contribution in [0.25, 0.3) is 0 Å². The second-order valence-electron chi connectivity index (χ2n) is 6.20. The summed E-state index contributed by atoms with van der Waals surface area (Å²) in [5.74, 6) is -0.282. The number of halogens is 3. The van der Waals surface area contributed by atoms with Crippen molar-refractivity contribution in [3.05, 3.63) is 35.9 Å². The quantitative estimate of drug-likeness (QED) is 0.847. The molecule has 0 spiro atoms. The summed E-state index contributed by atoms with van der Waals surface area (Å²) in [7, 11) is 3.26. The maximum absolute atomic E-state index is 12.5. The highest BCUT2D eigenvalue weighted by molar-refractivity contribution is 5.92. The highest BCUT2D eigenvalue weighted by Crippen LogP contribution is 2.46. The highest BCUT2D eigenvalue weighted by atomic mass is 19.4. The van der Waals surface area contributed by atoms with Crippen molar-refractivity contribution in [1.82, 2.24) is 4.90 Å². The molecule has 1 aromatic rings. The second kappa shape index (κ2) is 5.81. The number of ether oxygens (including phenoxy) is 2. The van der Waals surface area contributed by atoms with Crippen molar-refractivity contribution in [3.8, 4) is 11.5 Å². The van der Waals surface area contributed by atoms with E-state index in [0.29, 0.717) is 6.42 Å². The number of nitrogens with zero attached hydrogens (tertiary/aromatic N) is 1. The van der Waals surface area contributed by atoms with Crippen LogP contribution in [0.5, 0.6) is 11.5 Å². The molecule has 0 saturated carbocycles. The number of methoxy groups -OCH3 is 1. The monoisotopic (exact) mass is 341 g/mol. The van der Waals surface area contributed by atoms with Crippen molar-refractivity contribution < 1.29 is 27.4 Å². The predicted molar refractivity (Wildman–Crippen MR) is 81.2 cm³/mol. The van der Waals surface area contributed by atoms with Crippen LogP contribution in [0.15, 0.2) is 30.4 Å². The summed E-state index contributed by atoms with van der Waals surface area (Å²) in [4.78, 5) is 13.9. The molecular formula is C17H18F3NO3. The Hall–Kier alpha value is -2.02. The molecule has 130 valence electrons. The van der Waals surface area contributed by atoms with Gasteiger partial charge in [0.15, 0.2) is 17.3 Å². The third-order valence-electron chi connectivity index (χ3n) is 4.89. The third-order valence-corrected chi connectivity index (χ3v) is 4.89. The molecule has 0 radical (unpaired) electrons. The maximum atomic E-state index is 12.5. The smallest absolute Gasteiger partial charge is 0.493 e. The van der Waals surface area contributed by atoms with Crippen LogP contribution in [0.1, 0.15) is 18.4 Å². The highest BCUT2D eigenvalue weighted by Gasteiger charge is 2.48. The van der Waals surface area contributed by atoms with Crippen LogP contribution in [0.2, 0.25) is 0 Å². The number of carbonyl (C=O) groups is 1. The van der Waals surface area contributed by atoms with Gasteiger partial charge in [-0.05, 0) is 43.8 Å². The van der Waals surface area contributed by atoms with Gasteiger partial charge in [-0.25, -0.2) is 0 Å². The minimum Gasteiger partial charge on any atom is -0.493 e. The summed E-state index contributed by atoms with van der Waals surface area (Å²) < 4.78 is 46.6. The number of hydrogen-bond donors (Lipinski definition) is 0. The summed E-state index contributed by atoms with van der Waals surface area (Å²) >= 11 is 0. The Kier molecular flexibility index (Phi) is 4.07. The number of likely N-dealkylation sites (N-methyl/N-ethyl adjacent to an activating group) is 1. The van der Waals surface area contributed by atoms with Gasteiger partial charge in [0, 0.05) is 17.9 Å². The van der Waals surface area contributed by atoms with E-state index >= 15 is 0 Å². The molecule has 1 fully saturated rings. The average molecular weight is 341 g/mol. The summed E-state index contributed by atoms with van der Waals surface area (Å²) in [6.07, 6.45) is -0.134. The van der Waals surface area contributed by atoms with E-state index < -0.39 is 11.8 Å². The molecule has 1 aliphatic heterocycles. The van der Waals surface area contributed by atoms with Crippen LogP contribution in [-0.4, -0.2) is 43.8 Å². The number of fused-ring (bicyclic) bond motifs is 1.